The number of carbonyl (C=O) groups excluding carboxylic acids is 3. The van der Waals surface area contributed by atoms with Crippen molar-refractivity contribution in [1.29, 1.82) is 0 Å². The molecular weight excluding hydrogens is 350 g/mol. The van der Waals surface area contributed by atoms with Crippen molar-refractivity contribution in [3.8, 4) is 5.75 Å². The molecule has 3 rings (SSSR count). The van der Waals surface area contributed by atoms with Gasteiger partial charge in [-0.2, -0.15) is 0 Å². The Labute approximate surface area is 146 Å². The molecule has 1 aliphatic rings. The predicted molar refractivity (Wildman–Crippen MR) is 92.0 cm³/mol. The van der Waals surface area contributed by atoms with Crippen molar-refractivity contribution in [2.24, 2.45) is 0 Å². The summed E-state index contributed by atoms with van der Waals surface area (Å²) in [5.41, 5.74) is 1.11. The van der Waals surface area contributed by atoms with Crippen LogP contribution in [0.1, 0.15) is 15.9 Å². The summed E-state index contributed by atoms with van der Waals surface area (Å²) >= 11 is 6.62. The number of hydrogen-bond donors (Lipinski definition) is 1. The summed E-state index contributed by atoms with van der Waals surface area (Å²) in [5, 5.41) is 2.33. The number of benzene rings is 2. The van der Waals surface area contributed by atoms with Crippen molar-refractivity contribution in [1.82, 2.24) is 5.32 Å². The summed E-state index contributed by atoms with van der Waals surface area (Å²) in [6.45, 7) is 0. The summed E-state index contributed by atoms with van der Waals surface area (Å²) in [6.07, 6.45) is 1.59. The molecule has 24 heavy (non-hydrogen) atoms. The zero-order valence-electron chi connectivity index (χ0n) is 12.1. The number of carbonyl (C=O) groups is 3. The van der Waals surface area contributed by atoms with Crippen LogP contribution in [0.2, 0.25) is 5.02 Å². The first-order valence-corrected chi connectivity index (χ1v) is 8.03. The molecule has 120 valence electrons. The number of imide groups is 1. The van der Waals surface area contributed by atoms with Gasteiger partial charge in [0.2, 0.25) is 0 Å². The molecule has 1 saturated heterocycles. The molecule has 0 saturated carbocycles. The van der Waals surface area contributed by atoms with Gasteiger partial charge in [-0.3, -0.25) is 14.9 Å². The lowest BCUT2D eigenvalue weighted by Crippen LogP contribution is -2.17. The van der Waals surface area contributed by atoms with Crippen LogP contribution in [0.3, 0.4) is 0 Å². The molecule has 0 spiro atoms. The van der Waals surface area contributed by atoms with Crippen LogP contribution >= 0.6 is 23.4 Å². The highest BCUT2D eigenvalue weighted by Crippen LogP contribution is 2.26. The second-order valence-electron chi connectivity index (χ2n) is 4.82. The fourth-order valence-corrected chi connectivity index (χ4v) is 2.76. The number of esters is 1. The maximum Gasteiger partial charge on any atom is 0.343 e. The van der Waals surface area contributed by atoms with E-state index in [1.807, 2.05) is 0 Å². The quantitative estimate of drug-likeness (QED) is 0.511. The SMILES string of the molecule is O=C1NC(=O)/C(=C/c2ccc(OC(=O)c3ccc(Cl)cc3)cc2)S1. The average molecular weight is 360 g/mol. The Bertz CT molecular complexity index is 844. The van der Waals surface area contributed by atoms with Crippen LogP contribution in [-0.2, 0) is 4.79 Å². The summed E-state index contributed by atoms with van der Waals surface area (Å²) in [6, 6.07) is 13.0. The third-order valence-corrected chi connectivity index (χ3v) is 4.17. The molecule has 0 bridgehead atoms. The highest BCUT2D eigenvalue weighted by Gasteiger charge is 2.24. The second-order valence-corrected chi connectivity index (χ2v) is 6.27. The zero-order valence-corrected chi connectivity index (χ0v) is 13.7. The number of amides is 2. The predicted octanol–water partition coefficient (Wildman–Crippen LogP) is 3.88. The molecule has 5 nitrogen and oxygen atoms in total. The molecule has 7 heteroatoms. The van der Waals surface area contributed by atoms with Crippen molar-refractivity contribution in [2.45, 2.75) is 0 Å². The number of hydrogen-bond acceptors (Lipinski definition) is 5. The smallest absolute Gasteiger partial charge is 0.343 e. The van der Waals surface area contributed by atoms with Crippen LogP contribution in [0.5, 0.6) is 5.75 Å². The lowest BCUT2D eigenvalue weighted by atomic mass is 10.2. The molecule has 1 fully saturated rings. The van der Waals surface area contributed by atoms with E-state index < -0.39 is 11.9 Å². The van der Waals surface area contributed by atoms with E-state index in [2.05, 4.69) is 5.32 Å². The average Bonchev–Trinajstić information content (AvgIpc) is 2.87. The van der Waals surface area contributed by atoms with Gasteiger partial charge in [-0.25, -0.2) is 4.79 Å². The lowest BCUT2D eigenvalue weighted by molar-refractivity contribution is -0.115. The molecule has 0 aromatic heterocycles. The van der Waals surface area contributed by atoms with Gasteiger partial charge in [0, 0.05) is 5.02 Å². The summed E-state index contributed by atoms with van der Waals surface area (Å²) in [5.74, 6) is -0.533. The fraction of sp³-hybridized carbons (Fsp3) is 0. The van der Waals surface area contributed by atoms with Crippen LogP contribution in [0.15, 0.2) is 53.4 Å². The highest BCUT2D eigenvalue weighted by molar-refractivity contribution is 8.18. The first kappa shape index (κ1) is 16.3. The van der Waals surface area contributed by atoms with Gasteiger partial charge in [0.05, 0.1) is 10.5 Å². The molecule has 1 N–H and O–H groups in total. The Kier molecular flexibility index (Phi) is 4.69. The van der Waals surface area contributed by atoms with E-state index in [4.69, 9.17) is 16.3 Å². The van der Waals surface area contributed by atoms with Crippen LogP contribution in [-0.4, -0.2) is 17.1 Å². The van der Waals surface area contributed by atoms with Gasteiger partial charge in [-0.1, -0.05) is 23.7 Å². The van der Waals surface area contributed by atoms with Crippen molar-refractivity contribution in [3.05, 3.63) is 69.6 Å². The summed E-state index contributed by atoms with van der Waals surface area (Å²) in [7, 11) is 0. The minimum Gasteiger partial charge on any atom is -0.423 e. The van der Waals surface area contributed by atoms with Gasteiger partial charge in [-0.15, -0.1) is 0 Å². The molecular formula is C17H10ClNO4S. The van der Waals surface area contributed by atoms with E-state index in [1.165, 1.54) is 0 Å². The number of nitrogens with one attached hydrogen (secondary N) is 1. The van der Waals surface area contributed by atoms with E-state index in [-0.39, 0.29) is 5.24 Å². The minimum absolute atomic E-state index is 0.325. The third kappa shape index (κ3) is 3.84. The molecule has 2 amide bonds. The number of thioether (sulfide) groups is 1. The minimum atomic E-state index is -0.492. The van der Waals surface area contributed by atoms with Crippen molar-refractivity contribution >= 4 is 46.6 Å². The maximum atomic E-state index is 12.0. The largest absolute Gasteiger partial charge is 0.423 e. The lowest BCUT2D eigenvalue weighted by Gasteiger charge is -2.05. The van der Waals surface area contributed by atoms with Gasteiger partial charge in [-0.05, 0) is 59.8 Å². The molecule has 1 heterocycles. The van der Waals surface area contributed by atoms with Crippen LogP contribution < -0.4 is 10.1 Å². The van der Waals surface area contributed by atoms with E-state index in [0.717, 1.165) is 11.8 Å². The standard InChI is InChI=1S/C17H10ClNO4S/c18-12-5-3-11(4-6-12)16(21)23-13-7-1-10(2-8-13)9-14-15(20)19-17(22)24-14/h1-9H,(H,19,20,22)/b14-9-. The second kappa shape index (κ2) is 6.90. The monoisotopic (exact) mass is 359 g/mol. The van der Waals surface area contributed by atoms with Crippen molar-refractivity contribution < 1.29 is 19.1 Å². The van der Waals surface area contributed by atoms with Crippen LogP contribution in [0.4, 0.5) is 4.79 Å². The summed E-state index contributed by atoms with van der Waals surface area (Å²) < 4.78 is 5.26. The Morgan fingerprint density at radius 2 is 1.71 bits per heavy atom. The fourth-order valence-electron chi connectivity index (χ4n) is 1.96. The maximum absolute atomic E-state index is 12.0. The number of rotatable bonds is 3. The molecule has 0 atom stereocenters. The first-order valence-electron chi connectivity index (χ1n) is 6.84. The molecule has 0 unspecified atom stereocenters. The molecule has 1 aliphatic heterocycles. The molecule has 0 aliphatic carbocycles. The zero-order chi connectivity index (χ0) is 17.1. The van der Waals surface area contributed by atoms with E-state index in [0.29, 0.717) is 26.8 Å². The Hall–Kier alpha value is -2.57. The van der Waals surface area contributed by atoms with Gasteiger partial charge in [0.1, 0.15) is 5.75 Å². The molecule has 0 radical (unpaired) electrons. The molecule has 2 aromatic carbocycles. The molecule has 2 aromatic rings. The van der Waals surface area contributed by atoms with Crippen LogP contribution in [0, 0.1) is 0 Å². The van der Waals surface area contributed by atoms with Gasteiger partial charge in [0.25, 0.3) is 11.1 Å². The Balaban J connectivity index is 1.69. The van der Waals surface area contributed by atoms with Gasteiger partial charge >= 0.3 is 5.97 Å². The van der Waals surface area contributed by atoms with Crippen molar-refractivity contribution in [2.75, 3.05) is 0 Å². The first-order chi connectivity index (χ1) is 11.5. The number of ether oxygens (including phenoxy) is 1. The van der Waals surface area contributed by atoms with Crippen LogP contribution in [0.25, 0.3) is 6.08 Å². The Morgan fingerprint density at radius 1 is 1.04 bits per heavy atom. The third-order valence-electron chi connectivity index (χ3n) is 3.11. The van der Waals surface area contributed by atoms with Gasteiger partial charge in [0.15, 0.2) is 0 Å². The summed E-state index contributed by atoms with van der Waals surface area (Å²) in [4.78, 5) is 34.9. The van der Waals surface area contributed by atoms with Gasteiger partial charge < -0.3 is 4.74 Å². The van der Waals surface area contributed by atoms with Crippen molar-refractivity contribution in [3.63, 3.8) is 0 Å². The normalized spacial score (nSPS) is 15.5. The Morgan fingerprint density at radius 3 is 2.29 bits per heavy atom. The topological polar surface area (TPSA) is 72.5 Å². The highest BCUT2D eigenvalue weighted by atomic mass is 35.5. The van der Waals surface area contributed by atoms with E-state index in [1.54, 1.807) is 54.6 Å². The van der Waals surface area contributed by atoms with E-state index >= 15 is 0 Å². The number of halogens is 1. The van der Waals surface area contributed by atoms with E-state index in [9.17, 15) is 14.4 Å².